The van der Waals surface area contributed by atoms with Gasteiger partial charge in [0, 0.05) is 16.6 Å². The normalized spacial score (nSPS) is 12.5. The molecule has 2 rings (SSSR count). The molecule has 2 N–H and O–H groups in total. The highest BCUT2D eigenvalue weighted by Gasteiger charge is 2.15. The molecule has 112 valence electrons. The highest BCUT2D eigenvalue weighted by atomic mass is 79.9. The van der Waals surface area contributed by atoms with E-state index in [0.717, 1.165) is 15.8 Å². The van der Waals surface area contributed by atoms with E-state index in [1.54, 1.807) is 0 Å². The van der Waals surface area contributed by atoms with Crippen LogP contribution in [0.5, 0.6) is 5.75 Å². The second-order valence-corrected chi connectivity index (χ2v) is 6.39. The van der Waals surface area contributed by atoms with Crippen molar-refractivity contribution in [1.29, 1.82) is 0 Å². The molecular formula is C18H22BrNO. The van der Waals surface area contributed by atoms with Crippen LogP contribution in [-0.2, 0) is 0 Å². The van der Waals surface area contributed by atoms with Crippen molar-refractivity contribution in [2.24, 2.45) is 5.73 Å². The van der Waals surface area contributed by atoms with Gasteiger partial charge in [0.2, 0.25) is 0 Å². The summed E-state index contributed by atoms with van der Waals surface area (Å²) in [5, 5.41) is 0. The number of ether oxygens (including phenoxy) is 1. The number of halogens is 1. The van der Waals surface area contributed by atoms with E-state index in [1.807, 2.05) is 30.3 Å². The summed E-state index contributed by atoms with van der Waals surface area (Å²) >= 11 is 3.56. The molecule has 3 heteroatoms. The van der Waals surface area contributed by atoms with Crippen molar-refractivity contribution in [3.63, 3.8) is 0 Å². The van der Waals surface area contributed by atoms with Crippen LogP contribution >= 0.6 is 15.9 Å². The molecule has 0 heterocycles. The van der Waals surface area contributed by atoms with E-state index in [4.69, 9.17) is 10.5 Å². The third kappa shape index (κ3) is 3.86. The Morgan fingerprint density at radius 3 is 2.38 bits per heavy atom. The first-order valence-corrected chi connectivity index (χ1v) is 8.04. The topological polar surface area (TPSA) is 35.2 Å². The van der Waals surface area contributed by atoms with Gasteiger partial charge in [-0.3, -0.25) is 0 Å². The highest BCUT2D eigenvalue weighted by molar-refractivity contribution is 9.10. The molecule has 1 atom stereocenters. The molecule has 0 radical (unpaired) electrons. The standard InChI is InChI=1S/C18H22BrNO/c1-12(2)15-9-8-14(10-13(15)3)21-18(11-20)16-6-4-5-7-17(16)19/h4-10,12,18H,11,20H2,1-3H3. The fourth-order valence-electron chi connectivity index (χ4n) is 2.51. The van der Waals surface area contributed by atoms with Crippen molar-refractivity contribution in [2.75, 3.05) is 6.54 Å². The molecule has 0 aliphatic carbocycles. The predicted octanol–water partition coefficient (Wildman–Crippen LogP) is 4.96. The van der Waals surface area contributed by atoms with Crippen LogP contribution in [0, 0.1) is 6.92 Å². The zero-order chi connectivity index (χ0) is 15.4. The fraction of sp³-hybridized carbons (Fsp3) is 0.333. The second kappa shape index (κ2) is 7.10. The smallest absolute Gasteiger partial charge is 0.137 e. The van der Waals surface area contributed by atoms with E-state index in [-0.39, 0.29) is 6.10 Å². The first kappa shape index (κ1) is 16.1. The summed E-state index contributed by atoms with van der Waals surface area (Å²) in [7, 11) is 0. The van der Waals surface area contributed by atoms with Gasteiger partial charge in [-0.25, -0.2) is 0 Å². The molecule has 2 aromatic rings. The minimum Gasteiger partial charge on any atom is -0.484 e. The second-order valence-electron chi connectivity index (χ2n) is 5.54. The summed E-state index contributed by atoms with van der Waals surface area (Å²) < 4.78 is 7.12. The van der Waals surface area contributed by atoms with Gasteiger partial charge in [-0.05, 0) is 42.2 Å². The van der Waals surface area contributed by atoms with Gasteiger partial charge >= 0.3 is 0 Å². The Balaban J connectivity index is 2.23. The Labute approximate surface area is 135 Å². The summed E-state index contributed by atoms with van der Waals surface area (Å²) in [6, 6.07) is 14.3. The summed E-state index contributed by atoms with van der Waals surface area (Å²) in [6.45, 7) is 6.96. The van der Waals surface area contributed by atoms with E-state index >= 15 is 0 Å². The lowest BCUT2D eigenvalue weighted by Crippen LogP contribution is -2.19. The average molecular weight is 348 g/mol. The number of hydrogen-bond acceptors (Lipinski definition) is 2. The number of rotatable bonds is 5. The van der Waals surface area contributed by atoms with Crippen molar-refractivity contribution in [3.05, 3.63) is 63.6 Å². The lowest BCUT2D eigenvalue weighted by Gasteiger charge is -2.20. The quantitative estimate of drug-likeness (QED) is 0.829. The summed E-state index contributed by atoms with van der Waals surface area (Å²) in [5.74, 6) is 1.38. The molecule has 0 amide bonds. The molecular weight excluding hydrogens is 326 g/mol. The van der Waals surface area contributed by atoms with E-state index in [0.29, 0.717) is 12.5 Å². The van der Waals surface area contributed by atoms with E-state index < -0.39 is 0 Å². The van der Waals surface area contributed by atoms with Crippen molar-refractivity contribution < 1.29 is 4.74 Å². The van der Waals surface area contributed by atoms with E-state index in [9.17, 15) is 0 Å². The first-order valence-electron chi connectivity index (χ1n) is 7.24. The maximum absolute atomic E-state index is 6.09. The van der Waals surface area contributed by atoms with Crippen molar-refractivity contribution in [1.82, 2.24) is 0 Å². The first-order chi connectivity index (χ1) is 10.0. The third-order valence-electron chi connectivity index (χ3n) is 3.61. The molecule has 0 aliphatic heterocycles. The lowest BCUT2D eigenvalue weighted by atomic mass is 9.98. The molecule has 2 nitrogen and oxygen atoms in total. The van der Waals surface area contributed by atoms with Crippen molar-refractivity contribution in [3.8, 4) is 5.75 Å². The van der Waals surface area contributed by atoms with Crippen LogP contribution in [0.2, 0.25) is 0 Å². The fourth-order valence-corrected chi connectivity index (χ4v) is 3.05. The lowest BCUT2D eigenvalue weighted by molar-refractivity contribution is 0.213. The number of benzene rings is 2. The largest absolute Gasteiger partial charge is 0.484 e. The number of hydrogen-bond donors (Lipinski definition) is 1. The average Bonchev–Trinajstić information content (AvgIpc) is 2.45. The Kier molecular flexibility index (Phi) is 5.43. The molecule has 0 saturated carbocycles. The Hall–Kier alpha value is -1.32. The predicted molar refractivity (Wildman–Crippen MR) is 91.8 cm³/mol. The van der Waals surface area contributed by atoms with Crippen LogP contribution in [-0.4, -0.2) is 6.54 Å². The zero-order valence-electron chi connectivity index (χ0n) is 12.8. The Bertz CT molecular complexity index is 610. The van der Waals surface area contributed by atoms with Crippen molar-refractivity contribution >= 4 is 15.9 Å². The molecule has 0 fully saturated rings. The molecule has 2 aromatic carbocycles. The Morgan fingerprint density at radius 2 is 1.81 bits per heavy atom. The molecule has 0 bridgehead atoms. The molecule has 0 spiro atoms. The number of nitrogens with two attached hydrogens (primary N) is 1. The van der Waals surface area contributed by atoms with Gasteiger partial charge in [0.05, 0.1) is 0 Å². The minimum atomic E-state index is -0.148. The van der Waals surface area contributed by atoms with Crippen LogP contribution in [0.4, 0.5) is 0 Å². The van der Waals surface area contributed by atoms with Crippen LogP contribution in [0.25, 0.3) is 0 Å². The third-order valence-corrected chi connectivity index (χ3v) is 4.33. The molecule has 0 aromatic heterocycles. The van der Waals surface area contributed by atoms with E-state index in [1.165, 1.54) is 11.1 Å². The summed E-state index contributed by atoms with van der Waals surface area (Å²) in [5.41, 5.74) is 9.58. The van der Waals surface area contributed by atoms with Gasteiger partial charge in [-0.15, -0.1) is 0 Å². The molecule has 0 aliphatic rings. The van der Waals surface area contributed by atoms with Gasteiger partial charge in [-0.2, -0.15) is 0 Å². The monoisotopic (exact) mass is 347 g/mol. The van der Waals surface area contributed by atoms with Gasteiger partial charge in [0.15, 0.2) is 0 Å². The maximum Gasteiger partial charge on any atom is 0.137 e. The summed E-state index contributed by atoms with van der Waals surface area (Å²) in [4.78, 5) is 0. The van der Waals surface area contributed by atoms with Crippen LogP contribution in [0.3, 0.4) is 0 Å². The molecule has 1 unspecified atom stereocenters. The minimum absolute atomic E-state index is 0.148. The maximum atomic E-state index is 6.09. The molecule has 0 saturated heterocycles. The van der Waals surface area contributed by atoms with Gasteiger partial charge in [-0.1, -0.05) is 54.0 Å². The highest BCUT2D eigenvalue weighted by Crippen LogP contribution is 2.29. The molecule has 21 heavy (non-hydrogen) atoms. The van der Waals surface area contributed by atoms with Crippen LogP contribution in [0.15, 0.2) is 46.9 Å². The van der Waals surface area contributed by atoms with Crippen LogP contribution in [0.1, 0.15) is 42.6 Å². The van der Waals surface area contributed by atoms with Crippen LogP contribution < -0.4 is 10.5 Å². The number of aryl methyl sites for hydroxylation is 1. The van der Waals surface area contributed by atoms with Gasteiger partial charge in [0.25, 0.3) is 0 Å². The van der Waals surface area contributed by atoms with Gasteiger partial charge in [0.1, 0.15) is 11.9 Å². The van der Waals surface area contributed by atoms with E-state index in [2.05, 4.69) is 48.8 Å². The zero-order valence-corrected chi connectivity index (χ0v) is 14.4. The van der Waals surface area contributed by atoms with Gasteiger partial charge < -0.3 is 10.5 Å². The SMILES string of the molecule is Cc1cc(OC(CN)c2ccccc2Br)ccc1C(C)C. The summed E-state index contributed by atoms with van der Waals surface area (Å²) in [6.07, 6.45) is -0.148. The Morgan fingerprint density at radius 1 is 1.10 bits per heavy atom. The van der Waals surface area contributed by atoms with Crippen molar-refractivity contribution in [2.45, 2.75) is 32.8 Å².